The molecule has 0 saturated heterocycles. The van der Waals surface area contributed by atoms with Gasteiger partial charge in [0.05, 0.1) is 0 Å². The zero-order valence-electron chi connectivity index (χ0n) is 9.98. The minimum atomic E-state index is -0.690. The third kappa shape index (κ3) is 1.95. The highest BCUT2D eigenvalue weighted by molar-refractivity contribution is 5.64. The highest BCUT2D eigenvalue weighted by Gasteiger charge is 2.16. The summed E-state index contributed by atoms with van der Waals surface area (Å²) in [5, 5.41) is 13.3. The average molecular weight is 235 g/mol. The second-order valence-corrected chi connectivity index (χ2v) is 4.05. The maximum Gasteiger partial charge on any atom is 0.246 e. The van der Waals surface area contributed by atoms with Crippen LogP contribution in [0.5, 0.6) is 5.88 Å². The number of benzene rings is 1. The Morgan fingerprint density at radius 3 is 2.24 bits per heavy atom. The summed E-state index contributed by atoms with van der Waals surface area (Å²) in [7, 11) is 5.36. The molecule has 1 N–H and O–H groups in total. The summed E-state index contributed by atoms with van der Waals surface area (Å²) in [6.07, 6.45) is 0. The number of nitrogens with zero attached hydrogens (tertiary/aromatic N) is 3. The normalized spacial score (nSPS) is 10.6. The number of hydrogen-bond donors (Lipinski definition) is 1. The van der Waals surface area contributed by atoms with E-state index >= 15 is 0 Å². The van der Waals surface area contributed by atoms with Crippen molar-refractivity contribution in [2.75, 3.05) is 19.0 Å². The van der Waals surface area contributed by atoms with Crippen molar-refractivity contribution in [2.24, 2.45) is 7.05 Å². The van der Waals surface area contributed by atoms with Gasteiger partial charge in [-0.1, -0.05) is 12.1 Å². The summed E-state index contributed by atoms with van der Waals surface area (Å²) in [5.74, 6) is -1.14. The van der Waals surface area contributed by atoms with Gasteiger partial charge in [0.15, 0.2) is 0 Å². The number of anilines is 1. The third-order valence-electron chi connectivity index (χ3n) is 2.62. The van der Waals surface area contributed by atoms with Gasteiger partial charge < -0.3 is 10.0 Å². The SMILES string of the molecule is CN(C)c1ccc(-c2nn(C)c(O)c2F)cc1. The van der Waals surface area contributed by atoms with E-state index in [0.717, 1.165) is 10.4 Å². The Labute approximate surface area is 98.9 Å². The molecule has 2 aromatic rings. The molecule has 0 aliphatic carbocycles. The lowest BCUT2D eigenvalue weighted by Gasteiger charge is -2.12. The molecule has 0 atom stereocenters. The zero-order valence-corrected chi connectivity index (χ0v) is 9.98. The van der Waals surface area contributed by atoms with Crippen molar-refractivity contribution in [1.82, 2.24) is 9.78 Å². The Bertz CT molecular complexity index is 531. The van der Waals surface area contributed by atoms with Crippen LogP contribution in [0.4, 0.5) is 10.1 Å². The van der Waals surface area contributed by atoms with Gasteiger partial charge in [0.1, 0.15) is 5.69 Å². The molecule has 0 fully saturated rings. The number of halogens is 1. The third-order valence-corrected chi connectivity index (χ3v) is 2.62. The van der Waals surface area contributed by atoms with Crippen molar-refractivity contribution in [3.8, 4) is 17.1 Å². The number of aromatic hydroxyl groups is 1. The van der Waals surface area contributed by atoms with Crippen molar-refractivity contribution in [2.45, 2.75) is 0 Å². The largest absolute Gasteiger partial charge is 0.491 e. The fraction of sp³-hybridized carbons (Fsp3) is 0.250. The first-order valence-electron chi connectivity index (χ1n) is 5.20. The molecule has 0 amide bonds. The van der Waals surface area contributed by atoms with E-state index in [1.54, 1.807) is 12.1 Å². The van der Waals surface area contributed by atoms with Crippen molar-refractivity contribution >= 4 is 5.69 Å². The first-order valence-corrected chi connectivity index (χ1v) is 5.20. The van der Waals surface area contributed by atoms with Gasteiger partial charge in [0, 0.05) is 32.4 Å². The van der Waals surface area contributed by atoms with Gasteiger partial charge in [0.2, 0.25) is 11.7 Å². The Hall–Kier alpha value is -2.04. The van der Waals surface area contributed by atoms with Crippen molar-refractivity contribution in [3.05, 3.63) is 30.1 Å². The number of aromatic nitrogens is 2. The quantitative estimate of drug-likeness (QED) is 0.865. The van der Waals surface area contributed by atoms with Crippen molar-refractivity contribution in [3.63, 3.8) is 0 Å². The Morgan fingerprint density at radius 2 is 1.82 bits per heavy atom. The van der Waals surface area contributed by atoms with Crippen LogP contribution in [0, 0.1) is 5.82 Å². The van der Waals surface area contributed by atoms with E-state index in [1.807, 2.05) is 31.1 Å². The van der Waals surface area contributed by atoms with Gasteiger partial charge in [-0.15, -0.1) is 0 Å². The van der Waals surface area contributed by atoms with Crippen LogP contribution >= 0.6 is 0 Å². The lowest BCUT2D eigenvalue weighted by molar-refractivity contribution is 0.390. The molecular formula is C12H14FN3O. The van der Waals surface area contributed by atoms with Crippen LogP contribution in [0.25, 0.3) is 11.3 Å². The Kier molecular flexibility index (Phi) is 2.75. The van der Waals surface area contributed by atoms with Gasteiger partial charge in [-0.3, -0.25) is 0 Å². The van der Waals surface area contributed by atoms with Crippen LogP contribution in [0.15, 0.2) is 24.3 Å². The van der Waals surface area contributed by atoms with E-state index in [0.29, 0.717) is 5.56 Å². The minimum Gasteiger partial charge on any atom is -0.491 e. The van der Waals surface area contributed by atoms with Crippen LogP contribution < -0.4 is 4.90 Å². The molecule has 1 heterocycles. The first kappa shape index (κ1) is 11.4. The van der Waals surface area contributed by atoms with E-state index < -0.39 is 11.7 Å². The molecule has 0 spiro atoms. The van der Waals surface area contributed by atoms with E-state index in [1.165, 1.54) is 7.05 Å². The molecule has 4 nitrogen and oxygen atoms in total. The molecule has 0 aliphatic heterocycles. The minimum absolute atomic E-state index is 0.162. The first-order chi connectivity index (χ1) is 8.00. The van der Waals surface area contributed by atoms with Crippen LogP contribution in [0.1, 0.15) is 0 Å². The van der Waals surface area contributed by atoms with Gasteiger partial charge in [-0.25, -0.2) is 4.68 Å². The van der Waals surface area contributed by atoms with Gasteiger partial charge >= 0.3 is 0 Å². The van der Waals surface area contributed by atoms with Gasteiger partial charge in [-0.2, -0.15) is 9.49 Å². The second kappa shape index (κ2) is 4.08. The van der Waals surface area contributed by atoms with Crippen LogP contribution in [0.2, 0.25) is 0 Å². The number of rotatable bonds is 2. The highest BCUT2D eigenvalue weighted by Crippen LogP contribution is 2.28. The second-order valence-electron chi connectivity index (χ2n) is 4.05. The number of aryl methyl sites for hydroxylation is 1. The van der Waals surface area contributed by atoms with Crippen LogP contribution in [-0.2, 0) is 7.05 Å². The van der Waals surface area contributed by atoms with E-state index in [2.05, 4.69) is 5.10 Å². The molecule has 0 bridgehead atoms. The van der Waals surface area contributed by atoms with Crippen LogP contribution in [0.3, 0.4) is 0 Å². The maximum atomic E-state index is 13.6. The van der Waals surface area contributed by atoms with E-state index in [-0.39, 0.29) is 5.69 Å². The summed E-state index contributed by atoms with van der Waals surface area (Å²) < 4.78 is 14.7. The maximum absolute atomic E-state index is 13.6. The summed E-state index contributed by atoms with van der Waals surface area (Å²) in [6, 6.07) is 7.31. The molecule has 90 valence electrons. The van der Waals surface area contributed by atoms with Crippen molar-refractivity contribution < 1.29 is 9.50 Å². The molecule has 1 aromatic heterocycles. The predicted octanol–water partition coefficient (Wildman–Crippen LogP) is 2.00. The summed E-state index contributed by atoms with van der Waals surface area (Å²) >= 11 is 0. The lowest BCUT2D eigenvalue weighted by atomic mass is 10.1. The summed E-state index contributed by atoms with van der Waals surface area (Å²) in [6.45, 7) is 0. The van der Waals surface area contributed by atoms with Crippen molar-refractivity contribution in [1.29, 1.82) is 0 Å². The Morgan fingerprint density at radius 1 is 1.24 bits per heavy atom. The lowest BCUT2D eigenvalue weighted by Crippen LogP contribution is -2.07. The molecular weight excluding hydrogens is 221 g/mol. The predicted molar refractivity (Wildman–Crippen MR) is 64.6 cm³/mol. The molecule has 0 aliphatic rings. The summed E-state index contributed by atoms with van der Waals surface area (Å²) in [4.78, 5) is 1.95. The van der Waals surface area contributed by atoms with Crippen LogP contribution in [-0.4, -0.2) is 29.0 Å². The molecule has 0 saturated carbocycles. The molecule has 17 heavy (non-hydrogen) atoms. The molecule has 5 heteroatoms. The molecule has 0 radical (unpaired) electrons. The fourth-order valence-electron chi connectivity index (χ4n) is 1.59. The topological polar surface area (TPSA) is 41.3 Å². The molecule has 2 rings (SSSR count). The monoisotopic (exact) mass is 235 g/mol. The highest BCUT2D eigenvalue weighted by atomic mass is 19.1. The Balaban J connectivity index is 2.43. The van der Waals surface area contributed by atoms with Gasteiger partial charge in [0.25, 0.3) is 0 Å². The van der Waals surface area contributed by atoms with E-state index in [4.69, 9.17) is 0 Å². The standard InChI is InChI=1S/C12H14FN3O/c1-15(2)9-6-4-8(5-7-9)11-10(13)12(17)16(3)14-11/h4-7,17H,1-3H3. The fourth-order valence-corrected chi connectivity index (χ4v) is 1.59. The van der Waals surface area contributed by atoms with Gasteiger partial charge in [-0.05, 0) is 12.1 Å². The number of hydrogen-bond acceptors (Lipinski definition) is 3. The molecule has 0 unspecified atom stereocenters. The smallest absolute Gasteiger partial charge is 0.246 e. The average Bonchev–Trinajstić information content (AvgIpc) is 2.57. The summed E-state index contributed by atoms with van der Waals surface area (Å²) in [5.41, 5.74) is 1.83. The zero-order chi connectivity index (χ0) is 12.6. The van der Waals surface area contributed by atoms with E-state index in [9.17, 15) is 9.50 Å². The molecule has 1 aromatic carbocycles.